The number of hydrogen-bond donors (Lipinski definition) is 1. The molecule has 2 heterocycles. The van der Waals surface area contributed by atoms with Crippen molar-refractivity contribution in [3.63, 3.8) is 0 Å². The summed E-state index contributed by atoms with van der Waals surface area (Å²) in [5.74, 6) is 1.57. The third-order valence-electron chi connectivity index (χ3n) is 10.6. The smallest absolute Gasteiger partial charge is 0.331 e. The number of nitrogens with two attached hydrogens (primary N) is 1. The highest BCUT2D eigenvalue weighted by Crippen LogP contribution is 2.50. The molecule has 2 aliphatic rings. The van der Waals surface area contributed by atoms with E-state index < -0.39 is 17.0 Å². The summed E-state index contributed by atoms with van der Waals surface area (Å²) in [5, 5.41) is 4.87. The second-order valence-electron chi connectivity index (χ2n) is 18.1. The fraction of sp³-hybridized carbons (Fsp3) is 0.512. The molecule has 1 fully saturated rings. The van der Waals surface area contributed by atoms with Crippen LogP contribution in [0.2, 0.25) is 0 Å². The minimum absolute atomic E-state index is 0.0156. The van der Waals surface area contributed by atoms with Gasteiger partial charge < -0.3 is 19.9 Å². The molecule has 11 nitrogen and oxygen atoms in total. The van der Waals surface area contributed by atoms with Gasteiger partial charge in [0.05, 0.1) is 18.1 Å². The summed E-state index contributed by atoms with van der Waals surface area (Å²) < 4.78 is 26.2. The highest BCUT2D eigenvalue weighted by molar-refractivity contribution is 7.78. The fourth-order valence-corrected chi connectivity index (χ4v) is 7.38. The summed E-state index contributed by atoms with van der Waals surface area (Å²) in [6, 6.07) is 13.9. The van der Waals surface area contributed by atoms with E-state index in [9.17, 15) is 4.79 Å². The van der Waals surface area contributed by atoms with E-state index in [1.165, 1.54) is 10.2 Å². The molecule has 1 aromatic heterocycles. The molecular weight excluding hydrogens is 711 g/mol. The first-order chi connectivity index (χ1) is 25.3. The summed E-state index contributed by atoms with van der Waals surface area (Å²) in [6.07, 6.45) is 2.67. The van der Waals surface area contributed by atoms with Gasteiger partial charge in [0.25, 0.3) is 0 Å². The number of carbonyl (C=O) groups is 1. The van der Waals surface area contributed by atoms with Crippen LogP contribution in [0, 0.1) is 42.1 Å². The summed E-state index contributed by atoms with van der Waals surface area (Å²) in [5.41, 5.74) is 10.2. The van der Waals surface area contributed by atoms with Gasteiger partial charge in [-0.2, -0.15) is 0 Å². The van der Waals surface area contributed by atoms with Crippen molar-refractivity contribution < 1.29 is 18.3 Å². The van der Waals surface area contributed by atoms with Gasteiger partial charge in [-0.1, -0.05) is 111 Å². The SMILES string of the molecule is CS(=O)[O-].[C-]#[N+]C1=C(C(=O)OC2C(C(C)(C)C)CC(C)CC2C(C)(C)C)c2nc(-c3ccc(C(C)(C)C)cc3)nn2C1=Nc1ccc(N(C)C(=C)N)cc1C. The van der Waals surface area contributed by atoms with Crippen molar-refractivity contribution in [2.75, 3.05) is 18.2 Å². The van der Waals surface area contributed by atoms with Gasteiger partial charge in [-0.3, -0.25) is 4.21 Å². The molecule has 2 N–H and O–H groups in total. The number of ether oxygens (including phenoxy) is 1. The average Bonchev–Trinajstić information content (AvgIpc) is 3.61. The standard InChI is InChI=1S/C42H55N7O2.CH4O2S/c1-24-21-30(41(7,8)9)35(31(22-24)42(10,11)12)51-39(50)33-34(44-13)38(45-32-20-19-29(23-25(32)2)48(14)26(3)43)49-37(33)46-36(47-49)27-15-17-28(18-16-27)40(4,5)6;1-4(2)3/h15-20,23-24,30-31,35H,3,21-22,43H2,1-2,4-12,14H3;1H3,(H,2,3)/p-1. The summed E-state index contributed by atoms with van der Waals surface area (Å²) in [4.78, 5) is 30.2. The number of esters is 1. The fourth-order valence-electron chi connectivity index (χ4n) is 7.38. The zero-order valence-corrected chi connectivity index (χ0v) is 35.6. The van der Waals surface area contributed by atoms with E-state index in [0.717, 1.165) is 35.9 Å². The van der Waals surface area contributed by atoms with E-state index in [1.807, 2.05) is 44.3 Å². The molecule has 1 aliphatic carbocycles. The number of allylic oxidation sites excluding steroid dienone is 1. The average molecular weight is 769 g/mol. The second kappa shape index (κ2) is 16.2. The van der Waals surface area contributed by atoms with Crippen LogP contribution in [0.15, 0.2) is 65.6 Å². The van der Waals surface area contributed by atoms with Gasteiger partial charge in [-0.05, 0) is 77.5 Å². The monoisotopic (exact) mass is 768 g/mol. The molecular formula is C43H58N7O4S-. The molecule has 0 saturated heterocycles. The summed E-state index contributed by atoms with van der Waals surface area (Å²) >= 11 is -1.86. The van der Waals surface area contributed by atoms with Crippen LogP contribution in [0.3, 0.4) is 0 Å². The number of fused-ring (bicyclic) bond motifs is 1. The van der Waals surface area contributed by atoms with Crippen LogP contribution in [-0.4, -0.2) is 54.7 Å². The van der Waals surface area contributed by atoms with Gasteiger partial charge in [0.2, 0.25) is 5.70 Å². The van der Waals surface area contributed by atoms with Gasteiger partial charge in [0, 0.05) is 30.1 Å². The topological polar surface area (TPSA) is 143 Å². The molecule has 3 aromatic rings. The number of benzene rings is 2. The van der Waals surface area contributed by atoms with Crippen LogP contribution in [0.4, 0.5) is 11.4 Å². The third kappa shape index (κ3) is 9.80. The van der Waals surface area contributed by atoms with E-state index in [4.69, 9.17) is 40.9 Å². The Kier molecular flexibility index (Phi) is 12.7. The lowest BCUT2D eigenvalue weighted by atomic mass is 9.59. The maximum Gasteiger partial charge on any atom is 0.331 e. The van der Waals surface area contributed by atoms with Crippen LogP contribution >= 0.6 is 0 Å². The van der Waals surface area contributed by atoms with Crippen molar-refractivity contribution >= 4 is 39.8 Å². The number of aromatic nitrogens is 3. The Hall–Kier alpha value is -4.60. The highest BCUT2D eigenvalue weighted by atomic mass is 32.2. The molecule has 0 amide bonds. The molecule has 0 radical (unpaired) electrons. The Labute approximate surface area is 330 Å². The van der Waals surface area contributed by atoms with E-state index in [0.29, 0.717) is 23.3 Å². The first-order valence-corrected chi connectivity index (χ1v) is 20.1. The Balaban J connectivity index is 0.00000160. The summed E-state index contributed by atoms with van der Waals surface area (Å²) in [6.45, 7) is 36.3. The molecule has 0 bridgehead atoms. The van der Waals surface area contributed by atoms with Gasteiger partial charge in [0.1, 0.15) is 11.7 Å². The molecule has 5 rings (SSSR count). The lowest BCUT2D eigenvalue weighted by molar-refractivity contribution is -0.162. The van der Waals surface area contributed by atoms with Crippen molar-refractivity contribution in [3.05, 3.63) is 88.9 Å². The Bertz CT molecular complexity index is 2030. The quantitative estimate of drug-likeness (QED) is 0.149. The molecule has 0 spiro atoms. The largest absolute Gasteiger partial charge is 0.773 e. The minimum atomic E-state index is -1.86. The number of hydrogen-bond acceptors (Lipinski definition) is 9. The Morgan fingerprint density at radius 3 is 2.05 bits per heavy atom. The van der Waals surface area contributed by atoms with E-state index in [-0.39, 0.29) is 57.1 Å². The summed E-state index contributed by atoms with van der Waals surface area (Å²) in [7, 11) is 1.84. The van der Waals surface area contributed by atoms with Crippen LogP contribution < -0.4 is 10.6 Å². The van der Waals surface area contributed by atoms with Crippen molar-refractivity contribution in [3.8, 4) is 11.4 Å². The molecule has 55 heavy (non-hydrogen) atoms. The molecule has 296 valence electrons. The van der Waals surface area contributed by atoms with Gasteiger partial charge in [-0.15, -0.1) is 5.10 Å². The maximum atomic E-state index is 14.6. The predicted molar refractivity (Wildman–Crippen MR) is 222 cm³/mol. The van der Waals surface area contributed by atoms with Crippen LogP contribution in [0.5, 0.6) is 0 Å². The molecule has 3 atom stereocenters. The second-order valence-corrected chi connectivity index (χ2v) is 18.9. The lowest BCUT2D eigenvalue weighted by Gasteiger charge is -2.50. The Morgan fingerprint density at radius 2 is 1.60 bits per heavy atom. The maximum absolute atomic E-state index is 14.6. The number of nitrogens with zero attached hydrogens (tertiary/aromatic N) is 6. The third-order valence-corrected chi connectivity index (χ3v) is 10.6. The van der Waals surface area contributed by atoms with Crippen LogP contribution in [0.25, 0.3) is 21.8 Å². The van der Waals surface area contributed by atoms with Crippen molar-refractivity contribution in [2.45, 2.75) is 101 Å². The molecule has 1 aliphatic heterocycles. The number of aryl methyl sites for hydroxylation is 1. The normalized spacial score (nSPS) is 21.3. The first kappa shape index (κ1) is 43.1. The first-order valence-electron chi connectivity index (χ1n) is 18.6. The zero-order chi connectivity index (χ0) is 41.4. The number of anilines is 1. The van der Waals surface area contributed by atoms with E-state index in [1.54, 1.807) is 4.90 Å². The highest BCUT2D eigenvalue weighted by Gasteiger charge is 2.49. The molecule has 2 aromatic carbocycles. The van der Waals surface area contributed by atoms with Crippen LogP contribution in [-0.2, 0) is 26.0 Å². The van der Waals surface area contributed by atoms with Crippen molar-refractivity contribution in [1.82, 2.24) is 14.8 Å². The van der Waals surface area contributed by atoms with E-state index in [2.05, 4.69) is 92.8 Å². The molecule has 1 saturated carbocycles. The van der Waals surface area contributed by atoms with Gasteiger partial charge in [-0.25, -0.2) is 24.3 Å². The predicted octanol–water partition coefficient (Wildman–Crippen LogP) is 8.80. The minimum Gasteiger partial charge on any atom is -0.773 e. The van der Waals surface area contributed by atoms with Crippen molar-refractivity contribution in [1.29, 1.82) is 0 Å². The van der Waals surface area contributed by atoms with E-state index >= 15 is 0 Å². The van der Waals surface area contributed by atoms with Gasteiger partial charge in [0.15, 0.2) is 17.5 Å². The Morgan fingerprint density at radius 1 is 1.05 bits per heavy atom. The van der Waals surface area contributed by atoms with Crippen molar-refractivity contribution in [2.24, 2.45) is 39.3 Å². The number of carbonyl (C=O) groups excluding carboxylic acids is 1. The van der Waals surface area contributed by atoms with Gasteiger partial charge >= 0.3 is 5.97 Å². The van der Waals surface area contributed by atoms with Crippen LogP contribution in [0.1, 0.15) is 99.0 Å². The lowest BCUT2D eigenvalue weighted by Crippen LogP contribution is -2.49. The zero-order valence-electron chi connectivity index (χ0n) is 34.8. The number of rotatable bonds is 6. The molecule has 3 unspecified atom stereocenters. The number of aliphatic imine (C=N–C) groups is 1. The molecule has 12 heteroatoms.